The molecule has 0 unspecified atom stereocenters. The Morgan fingerprint density at radius 1 is 0.455 bits per heavy atom. The minimum absolute atomic E-state index is 0.0694. The molecule has 214 valence electrons. The summed E-state index contributed by atoms with van der Waals surface area (Å²) >= 11 is 0. The molecule has 0 fully saturated rings. The van der Waals surface area contributed by atoms with Crippen LogP contribution in [0.4, 0.5) is 0 Å². The van der Waals surface area contributed by atoms with Crippen molar-refractivity contribution < 1.29 is 9.47 Å². The molecule has 2 atom stereocenters. The zero-order valence-corrected chi connectivity index (χ0v) is 24.4. The van der Waals surface area contributed by atoms with Crippen LogP contribution in [0.15, 0.2) is 143 Å². The molecule has 4 heteroatoms. The fraction of sp³-hybridized carbons (Fsp3) is 0.150. The van der Waals surface area contributed by atoms with Crippen LogP contribution in [-0.4, -0.2) is 37.1 Å². The van der Waals surface area contributed by atoms with Crippen molar-refractivity contribution >= 4 is 33.3 Å². The van der Waals surface area contributed by atoms with Crippen LogP contribution >= 0.6 is 0 Å². The molecule has 0 radical (unpaired) electrons. The van der Waals surface area contributed by atoms with Crippen molar-refractivity contribution in [3.05, 3.63) is 156 Å². The van der Waals surface area contributed by atoms with Crippen LogP contribution in [0, 0.1) is 0 Å². The van der Waals surface area contributed by atoms with E-state index in [0.717, 1.165) is 45.9 Å². The van der Waals surface area contributed by atoms with Gasteiger partial charge < -0.3 is 9.47 Å². The lowest BCUT2D eigenvalue weighted by molar-refractivity contribution is 0.316. The second-order valence-electron chi connectivity index (χ2n) is 11.6. The highest BCUT2D eigenvalue weighted by Gasteiger charge is 2.29. The van der Waals surface area contributed by atoms with E-state index in [0.29, 0.717) is 25.0 Å². The van der Waals surface area contributed by atoms with Crippen molar-refractivity contribution in [3.8, 4) is 11.1 Å². The highest BCUT2D eigenvalue weighted by Crippen LogP contribution is 2.41. The van der Waals surface area contributed by atoms with E-state index >= 15 is 0 Å². The van der Waals surface area contributed by atoms with Crippen LogP contribution in [0.1, 0.15) is 22.3 Å². The van der Waals surface area contributed by atoms with Crippen molar-refractivity contribution in [2.45, 2.75) is 24.9 Å². The molecule has 0 aliphatic carbocycles. The van der Waals surface area contributed by atoms with Crippen LogP contribution in [0.3, 0.4) is 0 Å². The van der Waals surface area contributed by atoms with E-state index in [1.165, 1.54) is 21.9 Å². The van der Waals surface area contributed by atoms with Gasteiger partial charge in [-0.05, 0) is 57.6 Å². The van der Waals surface area contributed by atoms with E-state index in [9.17, 15) is 0 Å². The van der Waals surface area contributed by atoms with E-state index < -0.39 is 0 Å². The molecule has 4 nitrogen and oxygen atoms in total. The quantitative estimate of drug-likeness (QED) is 0.193. The zero-order valence-electron chi connectivity index (χ0n) is 24.4. The molecule has 44 heavy (non-hydrogen) atoms. The summed E-state index contributed by atoms with van der Waals surface area (Å²) in [6.45, 7) is 1.13. The molecule has 0 bridgehead atoms. The first-order chi connectivity index (χ1) is 21.8. The van der Waals surface area contributed by atoms with Crippen LogP contribution in [0.5, 0.6) is 0 Å². The minimum atomic E-state index is 0.0694. The Morgan fingerprint density at radius 2 is 0.864 bits per heavy atom. The molecule has 0 N–H and O–H groups in total. The summed E-state index contributed by atoms with van der Waals surface area (Å²) in [5, 5.41) is 4.64. The summed E-state index contributed by atoms with van der Waals surface area (Å²) in [6.07, 6.45) is 1.69. The van der Waals surface area contributed by atoms with E-state index in [1.807, 2.05) is 0 Å². The van der Waals surface area contributed by atoms with Crippen molar-refractivity contribution in [2.24, 2.45) is 9.98 Å². The van der Waals surface area contributed by atoms with Gasteiger partial charge in [-0.25, -0.2) is 9.98 Å². The van der Waals surface area contributed by atoms with E-state index in [4.69, 9.17) is 19.5 Å². The highest BCUT2D eigenvalue weighted by molar-refractivity contribution is 6.19. The molecule has 0 saturated carbocycles. The fourth-order valence-corrected chi connectivity index (χ4v) is 6.55. The van der Waals surface area contributed by atoms with Crippen LogP contribution < -0.4 is 0 Å². The SMILES string of the molecule is c1ccc(C[C@@H]2COC(c3ccc4ccccc4c3-c3c(C4=N[C@H](Cc5ccccc5)CO4)ccc4ccccc34)=N2)cc1. The molecule has 2 heterocycles. The zero-order chi connectivity index (χ0) is 29.3. The van der Waals surface area contributed by atoms with Gasteiger partial charge in [-0.3, -0.25) is 0 Å². The highest BCUT2D eigenvalue weighted by atomic mass is 16.5. The average molecular weight is 573 g/mol. The van der Waals surface area contributed by atoms with Crippen molar-refractivity contribution in [1.82, 2.24) is 0 Å². The Labute approximate surface area is 257 Å². The summed E-state index contributed by atoms with van der Waals surface area (Å²) in [5.41, 5.74) is 6.73. The number of rotatable bonds is 7. The Hall–Kier alpha value is -5.22. The van der Waals surface area contributed by atoms with Gasteiger partial charge in [0, 0.05) is 22.3 Å². The summed E-state index contributed by atoms with van der Waals surface area (Å²) in [7, 11) is 0. The lowest BCUT2D eigenvalue weighted by Gasteiger charge is -2.19. The summed E-state index contributed by atoms with van der Waals surface area (Å²) in [5.74, 6) is 1.39. The number of fused-ring (bicyclic) bond motifs is 2. The number of hydrogen-bond donors (Lipinski definition) is 0. The van der Waals surface area contributed by atoms with Crippen molar-refractivity contribution in [2.75, 3.05) is 13.2 Å². The van der Waals surface area contributed by atoms with Gasteiger partial charge in [0.25, 0.3) is 0 Å². The van der Waals surface area contributed by atoms with Crippen LogP contribution in [0.2, 0.25) is 0 Å². The van der Waals surface area contributed by atoms with Gasteiger partial charge in [-0.2, -0.15) is 0 Å². The number of nitrogens with zero attached hydrogens (tertiary/aromatic N) is 2. The third-order valence-corrected chi connectivity index (χ3v) is 8.62. The summed E-state index contributed by atoms with van der Waals surface area (Å²) in [6, 6.07) is 47.0. The van der Waals surface area contributed by atoms with Gasteiger partial charge in [0.15, 0.2) is 0 Å². The molecule has 0 amide bonds. The first-order valence-corrected chi connectivity index (χ1v) is 15.3. The maximum absolute atomic E-state index is 6.38. The first kappa shape index (κ1) is 26.4. The second kappa shape index (κ2) is 11.5. The Morgan fingerprint density at radius 3 is 1.32 bits per heavy atom. The van der Waals surface area contributed by atoms with E-state index in [1.54, 1.807) is 0 Å². The third-order valence-electron chi connectivity index (χ3n) is 8.62. The molecule has 0 spiro atoms. The normalized spacial score (nSPS) is 17.7. The van der Waals surface area contributed by atoms with Crippen LogP contribution in [-0.2, 0) is 22.3 Å². The number of ether oxygens (including phenoxy) is 2. The molecular weight excluding hydrogens is 540 g/mol. The summed E-state index contributed by atoms with van der Waals surface area (Å²) in [4.78, 5) is 10.3. The number of benzene rings is 6. The lowest BCUT2D eigenvalue weighted by Crippen LogP contribution is -2.10. The topological polar surface area (TPSA) is 43.2 Å². The largest absolute Gasteiger partial charge is 0.475 e. The molecular formula is C40H32N2O2. The summed E-state index contributed by atoms with van der Waals surface area (Å²) < 4.78 is 12.8. The predicted molar refractivity (Wildman–Crippen MR) is 180 cm³/mol. The maximum Gasteiger partial charge on any atom is 0.217 e. The Bertz CT molecular complexity index is 1880. The van der Waals surface area contributed by atoms with E-state index in [-0.39, 0.29) is 12.1 Å². The molecule has 0 aromatic heterocycles. The molecule has 2 aliphatic rings. The molecule has 6 aromatic rings. The van der Waals surface area contributed by atoms with Crippen molar-refractivity contribution in [1.29, 1.82) is 0 Å². The first-order valence-electron chi connectivity index (χ1n) is 15.3. The minimum Gasteiger partial charge on any atom is -0.475 e. The smallest absolute Gasteiger partial charge is 0.217 e. The van der Waals surface area contributed by atoms with Gasteiger partial charge >= 0.3 is 0 Å². The standard InChI is InChI=1S/C40H32N2O2/c1-3-11-27(12-4-1)23-31-25-43-39(41-31)35-21-19-29-15-7-9-17-33(29)37(35)38-34-18-10-8-16-30(34)20-22-36(38)40-42-32(26-44-40)24-28-13-5-2-6-14-28/h1-22,31-32H,23-26H2/t31-,32-/m1/s1. The third kappa shape index (κ3) is 5.03. The second-order valence-corrected chi connectivity index (χ2v) is 11.6. The van der Waals surface area contributed by atoms with Gasteiger partial charge in [-0.15, -0.1) is 0 Å². The number of aliphatic imine (C=N–C) groups is 2. The molecule has 8 rings (SSSR count). The average Bonchev–Trinajstić information content (AvgIpc) is 3.74. The maximum atomic E-state index is 6.38. The fourth-order valence-electron chi connectivity index (χ4n) is 6.55. The molecule has 6 aromatic carbocycles. The Balaban J connectivity index is 1.29. The van der Waals surface area contributed by atoms with Gasteiger partial charge in [0.2, 0.25) is 11.8 Å². The predicted octanol–water partition coefficient (Wildman–Crippen LogP) is 8.44. The lowest BCUT2D eigenvalue weighted by atomic mass is 9.87. The van der Waals surface area contributed by atoms with Crippen molar-refractivity contribution in [3.63, 3.8) is 0 Å². The molecule has 0 saturated heterocycles. The van der Waals surface area contributed by atoms with E-state index in [2.05, 4.69) is 133 Å². The van der Waals surface area contributed by atoms with Gasteiger partial charge in [-0.1, -0.05) is 121 Å². The van der Waals surface area contributed by atoms with Gasteiger partial charge in [0.1, 0.15) is 13.2 Å². The number of hydrogen-bond acceptors (Lipinski definition) is 4. The monoisotopic (exact) mass is 572 g/mol. The molecule has 2 aliphatic heterocycles. The van der Waals surface area contributed by atoms with Gasteiger partial charge in [0.05, 0.1) is 12.1 Å². The van der Waals surface area contributed by atoms with Crippen LogP contribution in [0.25, 0.3) is 32.7 Å². The Kier molecular flexibility index (Phi) is 6.88.